The number of rotatable bonds is 12. The highest BCUT2D eigenvalue weighted by Crippen LogP contribution is 2.34. The lowest BCUT2D eigenvalue weighted by Crippen LogP contribution is -2.59. The minimum atomic E-state index is -0.327. The van der Waals surface area contributed by atoms with Crippen molar-refractivity contribution in [3.8, 4) is 11.3 Å². The first-order chi connectivity index (χ1) is 21.3. The summed E-state index contributed by atoms with van der Waals surface area (Å²) in [4.78, 5) is 44.1. The molecule has 0 radical (unpaired) electrons. The lowest BCUT2D eigenvalue weighted by atomic mass is 10.00. The molecule has 11 nitrogen and oxygen atoms in total. The third kappa shape index (κ3) is 6.77. The number of allylic oxidation sites excluding steroid dienone is 1. The summed E-state index contributed by atoms with van der Waals surface area (Å²) >= 11 is 1.58. The molecule has 2 aliphatic rings. The zero-order valence-corrected chi connectivity index (χ0v) is 26.8. The summed E-state index contributed by atoms with van der Waals surface area (Å²) in [7, 11) is 1.83. The molecule has 2 amide bonds. The number of carbonyl (C=O) groups is 2. The van der Waals surface area contributed by atoms with Gasteiger partial charge in [0.25, 0.3) is 5.91 Å². The van der Waals surface area contributed by atoms with E-state index in [2.05, 4.69) is 42.7 Å². The summed E-state index contributed by atoms with van der Waals surface area (Å²) in [5.74, 6) is 1.07. The first kappa shape index (κ1) is 31.6. The van der Waals surface area contributed by atoms with Crippen molar-refractivity contribution in [1.29, 1.82) is 0 Å². The molecule has 3 aromatic rings. The molecule has 2 fully saturated rings. The molecule has 2 aliphatic heterocycles. The maximum atomic E-state index is 13.6. The molecule has 12 heteroatoms. The normalized spacial score (nSPS) is 17.8. The molecule has 0 aliphatic carbocycles. The molecule has 1 N–H and O–H groups in total. The van der Waals surface area contributed by atoms with E-state index < -0.39 is 0 Å². The summed E-state index contributed by atoms with van der Waals surface area (Å²) in [6.45, 7) is 15.6. The first-order valence-electron chi connectivity index (χ1n) is 15.3. The van der Waals surface area contributed by atoms with Gasteiger partial charge in [-0.15, -0.1) is 11.3 Å². The van der Waals surface area contributed by atoms with E-state index in [1.807, 2.05) is 34.4 Å². The van der Waals surface area contributed by atoms with Crippen molar-refractivity contribution in [3.63, 3.8) is 0 Å². The summed E-state index contributed by atoms with van der Waals surface area (Å²) in [5, 5.41) is 9.61. The van der Waals surface area contributed by atoms with Crippen molar-refractivity contribution >= 4 is 40.5 Å². The number of amides is 2. The third-order valence-corrected chi connectivity index (χ3v) is 9.26. The molecular weight excluding hydrogens is 576 g/mol. The SMILES string of the molecule is C=C/C(=N\c1c(-c2cc(C(=O)NC[C@H](C)N(CC)CC)cc(N3CC[C@H]3C(=O)N3CCOCC3)n2)cnn1C)c1cccs1. The van der Waals surface area contributed by atoms with Crippen LogP contribution in [0.5, 0.6) is 0 Å². The van der Waals surface area contributed by atoms with Crippen LogP contribution in [0.1, 0.15) is 42.4 Å². The quantitative estimate of drug-likeness (QED) is 0.308. The predicted octanol–water partition coefficient (Wildman–Crippen LogP) is 3.75. The molecule has 0 saturated carbocycles. The van der Waals surface area contributed by atoms with Crippen molar-refractivity contribution < 1.29 is 14.3 Å². The Kier molecular flexibility index (Phi) is 10.2. The highest BCUT2D eigenvalue weighted by molar-refractivity contribution is 7.12. The van der Waals surface area contributed by atoms with Gasteiger partial charge in [-0.2, -0.15) is 5.10 Å². The van der Waals surface area contributed by atoms with E-state index in [9.17, 15) is 9.59 Å². The van der Waals surface area contributed by atoms with E-state index in [4.69, 9.17) is 14.7 Å². The van der Waals surface area contributed by atoms with Crippen molar-refractivity contribution in [2.75, 3.05) is 57.4 Å². The van der Waals surface area contributed by atoms with E-state index >= 15 is 0 Å². The number of morpholine rings is 1. The van der Waals surface area contributed by atoms with E-state index in [1.165, 1.54) is 0 Å². The molecule has 44 heavy (non-hydrogen) atoms. The maximum absolute atomic E-state index is 13.6. The fourth-order valence-corrected chi connectivity index (χ4v) is 6.36. The van der Waals surface area contributed by atoms with Crippen LogP contribution in [-0.2, 0) is 16.6 Å². The van der Waals surface area contributed by atoms with Gasteiger partial charge in [0, 0.05) is 44.8 Å². The maximum Gasteiger partial charge on any atom is 0.251 e. The van der Waals surface area contributed by atoms with Crippen molar-refractivity contribution in [2.24, 2.45) is 12.0 Å². The summed E-state index contributed by atoms with van der Waals surface area (Å²) in [6, 6.07) is 7.41. The highest BCUT2D eigenvalue weighted by Gasteiger charge is 2.38. The monoisotopic (exact) mass is 618 g/mol. The van der Waals surface area contributed by atoms with Gasteiger partial charge in [-0.3, -0.25) is 19.2 Å². The Balaban J connectivity index is 1.51. The smallest absolute Gasteiger partial charge is 0.251 e. The van der Waals surface area contributed by atoms with Crippen LogP contribution in [0.25, 0.3) is 11.3 Å². The molecule has 5 heterocycles. The Morgan fingerprint density at radius 1 is 1.25 bits per heavy atom. The number of hydrogen-bond donors (Lipinski definition) is 1. The molecule has 0 spiro atoms. The number of nitrogens with zero attached hydrogens (tertiary/aromatic N) is 7. The molecule has 2 atom stereocenters. The Morgan fingerprint density at radius 2 is 2.02 bits per heavy atom. The number of aromatic nitrogens is 3. The van der Waals surface area contributed by atoms with Crippen LogP contribution < -0.4 is 10.2 Å². The number of ether oxygens (including phenoxy) is 1. The predicted molar refractivity (Wildman–Crippen MR) is 175 cm³/mol. The summed E-state index contributed by atoms with van der Waals surface area (Å²) < 4.78 is 7.14. The molecule has 0 aromatic carbocycles. The molecule has 2 saturated heterocycles. The van der Waals surface area contributed by atoms with Gasteiger partial charge < -0.3 is 19.9 Å². The minimum Gasteiger partial charge on any atom is -0.378 e. The number of nitrogens with one attached hydrogen (secondary N) is 1. The van der Waals surface area contributed by atoms with Crippen LogP contribution in [-0.4, -0.2) is 107 Å². The number of aliphatic imine (C=N–C) groups is 1. The minimum absolute atomic E-state index is 0.0732. The number of pyridine rings is 1. The topological polar surface area (TPSA) is 108 Å². The average Bonchev–Trinajstić information content (AvgIpc) is 3.69. The largest absolute Gasteiger partial charge is 0.378 e. The second-order valence-corrected chi connectivity index (χ2v) is 11.9. The van der Waals surface area contributed by atoms with Gasteiger partial charge in [0.05, 0.1) is 41.3 Å². The standard InChI is InChI=1S/C32H42N8O3S/c1-6-25(28-10-9-17-44-28)36-30-24(21-34-37(30)5)26-18-23(31(41)33-20-22(4)38(7-2)8-3)19-29(35-26)40-12-11-27(40)32(42)39-13-15-43-16-14-39/h6,9-10,17-19,21-22,27H,1,7-8,11-16,20H2,2-5H3,(H,33,41)/b36-25+/t22-,27-/m0/s1. The number of aryl methyl sites for hydroxylation is 1. The van der Waals surface area contributed by atoms with Gasteiger partial charge in [-0.25, -0.2) is 9.98 Å². The second-order valence-electron chi connectivity index (χ2n) is 11.0. The number of hydrogen-bond acceptors (Lipinski definition) is 9. The van der Waals surface area contributed by atoms with Crippen molar-refractivity contribution in [1.82, 2.24) is 29.9 Å². The highest BCUT2D eigenvalue weighted by atomic mass is 32.1. The van der Waals surface area contributed by atoms with Crippen LogP contribution in [0.3, 0.4) is 0 Å². The molecule has 234 valence electrons. The molecule has 0 bridgehead atoms. The van der Waals surface area contributed by atoms with E-state index in [0.717, 1.165) is 30.1 Å². The van der Waals surface area contributed by atoms with E-state index in [-0.39, 0.29) is 23.9 Å². The van der Waals surface area contributed by atoms with Gasteiger partial charge in [0.1, 0.15) is 11.9 Å². The van der Waals surface area contributed by atoms with Crippen molar-refractivity contribution in [2.45, 2.75) is 39.3 Å². The zero-order chi connectivity index (χ0) is 31.2. The van der Waals surface area contributed by atoms with Gasteiger partial charge in [0.15, 0.2) is 5.82 Å². The average molecular weight is 619 g/mol. The molecular formula is C32H42N8O3S. The van der Waals surface area contributed by atoms with Crippen molar-refractivity contribution in [3.05, 3.63) is 58.9 Å². The lowest BCUT2D eigenvalue weighted by molar-refractivity contribution is -0.138. The van der Waals surface area contributed by atoms with Crippen LogP contribution in [0.2, 0.25) is 0 Å². The second kappa shape index (κ2) is 14.3. The van der Waals surface area contributed by atoms with Crippen LogP contribution in [0.4, 0.5) is 11.6 Å². The van der Waals surface area contributed by atoms with Gasteiger partial charge >= 0.3 is 0 Å². The number of thiophene rings is 1. The fourth-order valence-electron chi connectivity index (χ4n) is 5.65. The molecule has 3 aromatic heterocycles. The lowest BCUT2D eigenvalue weighted by Gasteiger charge is -2.43. The third-order valence-electron chi connectivity index (χ3n) is 8.37. The van der Waals surface area contributed by atoms with Gasteiger partial charge in [-0.05, 0) is 56.1 Å². The number of anilines is 1. The Morgan fingerprint density at radius 3 is 2.66 bits per heavy atom. The van der Waals surface area contributed by atoms with Crippen LogP contribution >= 0.6 is 11.3 Å². The number of carbonyl (C=O) groups excluding carboxylic acids is 2. The number of likely N-dealkylation sites (N-methyl/N-ethyl adjacent to an activating group) is 1. The van der Waals surface area contributed by atoms with Crippen LogP contribution in [0, 0.1) is 0 Å². The van der Waals surface area contributed by atoms with Crippen LogP contribution in [0.15, 0.2) is 53.5 Å². The summed E-state index contributed by atoms with van der Waals surface area (Å²) in [5.41, 5.74) is 2.45. The van der Waals surface area contributed by atoms with Gasteiger partial charge in [0.2, 0.25) is 5.91 Å². The molecule has 5 rings (SSSR count). The zero-order valence-electron chi connectivity index (χ0n) is 26.0. The Labute approximate surface area is 263 Å². The Bertz CT molecular complexity index is 1490. The van der Waals surface area contributed by atoms with Gasteiger partial charge in [-0.1, -0.05) is 26.5 Å². The Hall–Kier alpha value is -3.87. The van der Waals surface area contributed by atoms with E-state index in [1.54, 1.807) is 40.4 Å². The fraction of sp³-hybridized carbons (Fsp3) is 0.469. The first-order valence-corrected chi connectivity index (χ1v) is 16.2. The van der Waals surface area contributed by atoms with E-state index in [0.29, 0.717) is 67.8 Å². The summed E-state index contributed by atoms with van der Waals surface area (Å²) in [6.07, 6.45) is 4.18. The molecule has 0 unspecified atom stereocenters.